The van der Waals surface area contributed by atoms with Gasteiger partial charge in [-0.2, -0.15) is 0 Å². The van der Waals surface area contributed by atoms with E-state index in [1.807, 2.05) is 43.3 Å². The van der Waals surface area contributed by atoms with E-state index < -0.39 is 29.0 Å². The minimum Gasteiger partial charge on any atom is -0.480 e. The van der Waals surface area contributed by atoms with Gasteiger partial charge in [0.25, 0.3) is 0 Å². The van der Waals surface area contributed by atoms with Gasteiger partial charge in [0.05, 0.1) is 0 Å². The number of carboxylic acid groups (broad SMARTS) is 1. The fraction of sp³-hybridized carbons (Fsp3) is 0.444. The molecule has 34 heavy (non-hydrogen) atoms. The largest absolute Gasteiger partial charge is 0.480 e. The van der Waals surface area contributed by atoms with E-state index in [0.29, 0.717) is 25.7 Å². The molecule has 2 atom stereocenters. The Labute approximate surface area is 198 Å². The minimum atomic E-state index is -1.27. The van der Waals surface area contributed by atoms with E-state index >= 15 is 0 Å². The first-order chi connectivity index (χ1) is 16.3. The van der Waals surface area contributed by atoms with Gasteiger partial charge < -0.3 is 20.5 Å². The zero-order valence-electron chi connectivity index (χ0n) is 19.3. The average Bonchev–Trinajstić information content (AvgIpc) is 3.53. The zero-order valence-corrected chi connectivity index (χ0v) is 19.3. The topological polar surface area (TPSA) is 105 Å². The van der Waals surface area contributed by atoms with Crippen molar-refractivity contribution < 1.29 is 24.2 Å². The monoisotopic (exact) mass is 462 g/mol. The van der Waals surface area contributed by atoms with Gasteiger partial charge in [0, 0.05) is 5.92 Å². The third-order valence-corrected chi connectivity index (χ3v) is 7.63. The van der Waals surface area contributed by atoms with Crippen LogP contribution in [-0.4, -0.2) is 40.8 Å². The predicted molar refractivity (Wildman–Crippen MR) is 126 cm³/mol. The van der Waals surface area contributed by atoms with Gasteiger partial charge in [0.2, 0.25) is 5.91 Å². The third kappa shape index (κ3) is 3.93. The van der Waals surface area contributed by atoms with Crippen molar-refractivity contribution in [2.24, 2.45) is 5.92 Å². The Morgan fingerprint density at radius 1 is 0.941 bits per heavy atom. The SMILES string of the molecule is CC1CCCC(NC(=O)C2(NC(=O)OCC3c4ccccc4-c4ccccc43)CC2)(C(=O)O)C1. The van der Waals surface area contributed by atoms with Crippen molar-refractivity contribution in [3.05, 3.63) is 59.7 Å². The summed E-state index contributed by atoms with van der Waals surface area (Å²) < 4.78 is 5.60. The average molecular weight is 463 g/mol. The summed E-state index contributed by atoms with van der Waals surface area (Å²) in [6, 6.07) is 16.2. The first-order valence-corrected chi connectivity index (χ1v) is 12.0. The van der Waals surface area contributed by atoms with Crippen LogP contribution in [0.1, 0.15) is 62.5 Å². The molecule has 0 saturated heterocycles. The first-order valence-electron chi connectivity index (χ1n) is 12.0. The first kappa shape index (κ1) is 22.4. The number of carbonyl (C=O) groups is 3. The summed E-state index contributed by atoms with van der Waals surface area (Å²) in [4.78, 5) is 37.9. The Balaban J connectivity index is 1.24. The summed E-state index contributed by atoms with van der Waals surface area (Å²) in [7, 11) is 0. The second-order valence-corrected chi connectivity index (χ2v) is 10.1. The van der Waals surface area contributed by atoms with Gasteiger partial charge in [0.1, 0.15) is 17.7 Å². The molecule has 3 aliphatic rings. The van der Waals surface area contributed by atoms with Gasteiger partial charge in [-0.15, -0.1) is 0 Å². The van der Waals surface area contributed by atoms with E-state index in [4.69, 9.17) is 4.74 Å². The number of fused-ring (bicyclic) bond motifs is 3. The van der Waals surface area contributed by atoms with Crippen molar-refractivity contribution in [2.45, 2.75) is 62.4 Å². The Kier molecular flexibility index (Phi) is 5.58. The van der Waals surface area contributed by atoms with Gasteiger partial charge in [-0.3, -0.25) is 4.79 Å². The maximum Gasteiger partial charge on any atom is 0.408 e. The molecule has 2 aromatic rings. The molecule has 0 aromatic heterocycles. The molecule has 7 heteroatoms. The van der Waals surface area contributed by atoms with Gasteiger partial charge in [-0.25, -0.2) is 9.59 Å². The summed E-state index contributed by atoms with van der Waals surface area (Å²) >= 11 is 0. The van der Waals surface area contributed by atoms with E-state index in [0.717, 1.165) is 35.1 Å². The van der Waals surface area contributed by atoms with E-state index in [2.05, 4.69) is 22.8 Å². The second kappa shape index (κ2) is 8.46. The standard InChI is InChI=1S/C27H30N2O5/c1-17-7-6-12-27(15-17,24(31)32)28-23(30)26(13-14-26)29-25(33)34-16-22-20-10-4-2-8-18(20)19-9-3-5-11-21(19)22/h2-5,8-11,17,22H,6-7,12-16H2,1H3,(H,28,30)(H,29,33)(H,31,32). The van der Waals surface area contributed by atoms with Crippen molar-refractivity contribution in [1.29, 1.82) is 0 Å². The smallest absolute Gasteiger partial charge is 0.408 e. The normalized spacial score (nSPS) is 24.4. The molecule has 2 unspecified atom stereocenters. The Morgan fingerprint density at radius 3 is 2.12 bits per heavy atom. The molecular weight excluding hydrogens is 432 g/mol. The van der Waals surface area contributed by atoms with Crippen LogP contribution in [0.4, 0.5) is 4.79 Å². The van der Waals surface area contributed by atoms with Crippen LogP contribution < -0.4 is 10.6 Å². The summed E-state index contributed by atoms with van der Waals surface area (Å²) in [5.41, 5.74) is 2.16. The zero-order chi connectivity index (χ0) is 23.9. The summed E-state index contributed by atoms with van der Waals surface area (Å²) in [5.74, 6) is -1.29. The highest BCUT2D eigenvalue weighted by Crippen LogP contribution is 2.44. The molecule has 0 aliphatic heterocycles. The number of benzene rings is 2. The van der Waals surface area contributed by atoms with E-state index in [1.165, 1.54) is 0 Å². The van der Waals surface area contributed by atoms with Gasteiger partial charge in [-0.05, 0) is 53.9 Å². The number of hydrogen-bond acceptors (Lipinski definition) is 4. The molecule has 0 heterocycles. The maximum absolute atomic E-state index is 13.1. The second-order valence-electron chi connectivity index (χ2n) is 10.1. The number of alkyl carbamates (subject to hydrolysis) is 1. The number of aliphatic carboxylic acids is 1. The van der Waals surface area contributed by atoms with Crippen LogP contribution in [0.15, 0.2) is 48.5 Å². The molecular formula is C27H30N2O5. The number of carboxylic acids is 1. The van der Waals surface area contributed by atoms with Crippen LogP contribution >= 0.6 is 0 Å². The Hall–Kier alpha value is -3.35. The highest BCUT2D eigenvalue weighted by atomic mass is 16.5. The number of hydrogen-bond donors (Lipinski definition) is 3. The lowest BCUT2D eigenvalue weighted by Crippen LogP contribution is -2.61. The quantitative estimate of drug-likeness (QED) is 0.597. The van der Waals surface area contributed by atoms with Crippen LogP contribution in [-0.2, 0) is 14.3 Å². The Bertz CT molecular complexity index is 1100. The number of amides is 2. The number of ether oxygens (including phenoxy) is 1. The number of carbonyl (C=O) groups excluding carboxylic acids is 2. The van der Waals surface area contributed by atoms with Crippen LogP contribution in [0.5, 0.6) is 0 Å². The molecule has 2 saturated carbocycles. The molecule has 0 spiro atoms. The molecule has 0 bridgehead atoms. The highest BCUT2D eigenvalue weighted by molar-refractivity contribution is 5.96. The lowest BCUT2D eigenvalue weighted by molar-refractivity contribution is -0.150. The molecule has 2 fully saturated rings. The number of nitrogens with one attached hydrogen (secondary N) is 2. The van der Waals surface area contributed by atoms with E-state index in [-0.39, 0.29) is 18.4 Å². The van der Waals surface area contributed by atoms with Crippen molar-refractivity contribution >= 4 is 18.0 Å². The van der Waals surface area contributed by atoms with Gasteiger partial charge >= 0.3 is 12.1 Å². The van der Waals surface area contributed by atoms with E-state index in [9.17, 15) is 19.5 Å². The molecule has 7 nitrogen and oxygen atoms in total. The van der Waals surface area contributed by atoms with Gasteiger partial charge in [-0.1, -0.05) is 68.3 Å². The third-order valence-electron chi connectivity index (χ3n) is 7.63. The molecule has 2 amide bonds. The van der Waals surface area contributed by atoms with Crippen molar-refractivity contribution in [1.82, 2.24) is 10.6 Å². The molecule has 2 aromatic carbocycles. The van der Waals surface area contributed by atoms with Crippen LogP contribution in [0.3, 0.4) is 0 Å². The van der Waals surface area contributed by atoms with Gasteiger partial charge in [0.15, 0.2) is 0 Å². The summed E-state index contributed by atoms with van der Waals surface area (Å²) in [6.45, 7) is 2.17. The fourth-order valence-electron chi connectivity index (χ4n) is 5.61. The van der Waals surface area contributed by atoms with Crippen LogP contribution in [0, 0.1) is 5.92 Å². The molecule has 3 aliphatic carbocycles. The van der Waals surface area contributed by atoms with Crippen LogP contribution in [0.2, 0.25) is 0 Å². The molecule has 0 radical (unpaired) electrons. The summed E-state index contributed by atoms with van der Waals surface area (Å²) in [5, 5.41) is 15.4. The highest BCUT2D eigenvalue weighted by Gasteiger charge is 2.55. The van der Waals surface area contributed by atoms with E-state index in [1.54, 1.807) is 0 Å². The lowest BCUT2D eigenvalue weighted by atomic mass is 9.76. The summed E-state index contributed by atoms with van der Waals surface area (Å²) in [6.07, 6.45) is 2.78. The lowest BCUT2D eigenvalue weighted by Gasteiger charge is -2.38. The fourth-order valence-corrected chi connectivity index (χ4v) is 5.61. The van der Waals surface area contributed by atoms with Crippen molar-refractivity contribution in [2.75, 3.05) is 6.61 Å². The maximum atomic E-state index is 13.1. The predicted octanol–water partition coefficient (Wildman–Crippen LogP) is 4.21. The number of rotatable bonds is 6. The minimum absolute atomic E-state index is 0.0684. The Morgan fingerprint density at radius 2 is 1.56 bits per heavy atom. The van der Waals surface area contributed by atoms with Crippen molar-refractivity contribution in [3.8, 4) is 11.1 Å². The van der Waals surface area contributed by atoms with Crippen LogP contribution in [0.25, 0.3) is 11.1 Å². The molecule has 178 valence electrons. The molecule has 3 N–H and O–H groups in total. The molecule has 5 rings (SSSR count). The van der Waals surface area contributed by atoms with Crippen molar-refractivity contribution in [3.63, 3.8) is 0 Å².